The Bertz CT molecular complexity index is 774. The minimum Gasteiger partial charge on any atom is -0.423 e. The third-order valence-corrected chi connectivity index (χ3v) is 6.66. The Morgan fingerprint density at radius 3 is 2.68 bits per heavy atom. The highest BCUT2D eigenvalue weighted by molar-refractivity contribution is 5.75. The second-order valence-corrected chi connectivity index (χ2v) is 8.57. The van der Waals surface area contributed by atoms with E-state index < -0.39 is 0 Å². The lowest BCUT2D eigenvalue weighted by atomic mass is 9.98. The van der Waals surface area contributed by atoms with E-state index in [1.165, 1.54) is 19.4 Å². The first kappa shape index (κ1) is 17.8. The number of hydrogen-bond acceptors (Lipinski definition) is 6. The fourth-order valence-electron chi connectivity index (χ4n) is 4.85. The maximum Gasteiger partial charge on any atom is 0.317 e. The van der Waals surface area contributed by atoms with Crippen LogP contribution in [0.1, 0.15) is 56.0 Å². The number of nitrogens with one attached hydrogen (secondary N) is 1. The van der Waals surface area contributed by atoms with Crippen LogP contribution in [0.4, 0.5) is 10.7 Å². The first-order valence-electron chi connectivity index (χ1n) is 10.7. The molecule has 1 aromatic heterocycles. The molecule has 5 rings (SSSR count). The molecule has 1 aliphatic carbocycles. The van der Waals surface area contributed by atoms with E-state index in [9.17, 15) is 10.1 Å². The van der Waals surface area contributed by atoms with Crippen LogP contribution in [-0.4, -0.2) is 72.2 Å². The minimum atomic E-state index is 0.0489. The van der Waals surface area contributed by atoms with Gasteiger partial charge in [0.15, 0.2) is 0 Å². The number of piperidine rings is 1. The van der Waals surface area contributed by atoms with Crippen molar-refractivity contribution in [3.8, 4) is 6.07 Å². The summed E-state index contributed by atoms with van der Waals surface area (Å²) < 4.78 is 5.90. The molecule has 150 valence electrons. The number of piperazine rings is 1. The van der Waals surface area contributed by atoms with Crippen LogP contribution in [0.2, 0.25) is 0 Å². The molecule has 2 amide bonds. The van der Waals surface area contributed by atoms with E-state index in [1.807, 2.05) is 4.90 Å². The molecule has 3 aliphatic heterocycles. The highest BCUT2D eigenvalue weighted by Gasteiger charge is 2.35. The molecule has 4 fully saturated rings. The van der Waals surface area contributed by atoms with Crippen molar-refractivity contribution in [2.45, 2.75) is 56.5 Å². The zero-order valence-corrected chi connectivity index (χ0v) is 16.3. The SMILES string of the molecule is N#Cc1nc(C2CC2)oc1N1CCN(C(=O)NC2CCN3CCCC3C2)CC1. The number of urea groups is 1. The van der Waals surface area contributed by atoms with Gasteiger partial charge in [-0.05, 0) is 45.1 Å². The van der Waals surface area contributed by atoms with Gasteiger partial charge in [0.25, 0.3) is 0 Å². The second kappa shape index (κ2) is 7.28. The predicted molar refractivity (Wildman–Crippen MR) is 103 cm³/mol. The molecule has 1 N–H and O–H groups in total. The molecule has 2 unspecified atom stereocenters. The molecular weight excluding hydrogens is 356 g/mol. The Labute approximate surface area is 165 Å². The van der Waals surface area contributed by atoms with Crippen molar-refractivity contribution >= 4 is 11.9 Å². The summed E-state index contributed by atoms with van der Waals surface area (Å²) in [4.78, 5) is 23.6. The van der Waals surface area contributed by atoms with Gasteiger partial charge in [-0.1, -0.05) is 0 Å². The van der Waals surface area contributed by atoms with Crippen molar-refractivity contribution in [3.05, 3.63) is 11.6 Å². The van der Waals surface area contributed by atoms with E-state index in [4.69, 9.17) is 4.42 Å². The molecule has 8 heteroatoms. The Kier molecular flexibility index (Phi) is 4.63. The Balaban J connectivity index is 1.15. The van der Waals surface area contributed by atoms with Gasteiger partial charge in [-0.3, -0.25) is 0 Å². The van der Waals surface area contributed by atoms with Crippen molar-refractivity contribution in [2.75, 3.05) is 44.2 Å². The Hall–Kier alpha value is -2.27. The Morgan fingerprint density at radius 1 is 1.11 bits per heavy atom. The largest absolute Gasteiger partial charge is 0.423 e. The van der Waals surface area contributed by atoms with Gasteiger partial charge >= 0.3 is 6.03 Å². The molecular formula is C20H28N6O2. The van der Waals surface area contributed by atoms with Crippen molar-refractivity contribution in [2.24, 2.45) is 0 Å². The van der Waals surface area contributed by atoms with Gasteiger partial charge in [-0.25, -0.2) is 9.78 Å². The predicted octanol–water partition coefficient (Wildman–Crippen LogP) is 1.88. The van der Waals surface area contributed by atoms with Gasteiger partial charge in [0, 0.05) is 50.7 Å². The zero-order chi connectivity index (χ0) is 19.1. The first-order chi connectivity index (χ1) is 13.7. The summed E-state index contributed by atoms with van der Waals surface area (Å²) >= 11 is 0. The number of amides is 2. The smallest absolute Gasteiger partial charge is 0.317 e. The fraction of sp³-hybridized carbons (Fsp3) is 0.750. The minimum absolute atomic E-state index is 0.0489. The maximum absolute atomic E-state index is 12.7. The molecule has 3 saturated heterocycles. The molecule has 28 heavy (non-hydrogen) atoms. The van der Waals surface area contributed by atoms with E-state index in [0.717, 1.165) is 32.2 Å². The molecule has 4 heterocycles. The molecule has 0 radical (unpaired) electrons. The molecule has 2 atom stereocenters. The van der Waals surface area contributed by atoms with E-state index in [-0.39, 0.29) is 6.03 Å². The van der Waals surface area contributed by atoms with Gasteiger partial charge in [-0.15, -0.1) is 0 Å². The Morgan fingerprint density at radius 2 is 1.93 bits per heavy atom. The van der Waals surface area contributed by atoms with Crippen molar-refractivity contribution in [1.29, 1.82) is 5.26 Å². The number of oxazole rings is 1. The standard InChI is InChI=1S/C20H28N6O2/c21-13-17-19(28-18(23-17)14-3-4-14)25-8-10-26(11-9-25)20(27)22-15-5-7-24-6-1-2-16(24)12-15/h14-16H,1-12H2,(H,22,27). The van der Waals surface area contributed by atoms with Gasteiger partial charge in [0.2, 0.25) is 17.5 Å². The molecule has 4 aliphatic rings. The molecule has 8 nitrogen and oxygen atoms in total. The van der Waals surface area contributed by atoms with Crippen LogP contribution >= 0.6 is 0 Å². The summed E-state index contributed by atoms with van der Waals surface area (Å²) in [6, 6.07) is 3.16. The normalized spacial score (nSPS) is 28.1. The number of anilines is 1. The van der Waals surface area contributed by atoms with Crippen LogP contribution < -0.4 is 10.2 Å². The third-order valence-electron chi connectivity index (χ3n) is 6.66. The van der Waals surface area contributed by atoms with Crippen LogP contribution in [0.25, 0.3) is 0 Å². The highest BCUT2D eigenvalue weighted by Crippen LogP contribution is 2.41. The summed E-state index contributed by atoms with van der Waals surface area (Å²) in [5.41, 5.74) is 0.378. The quantitative estimate of drug-likeness (QED) is 0.856. The monoisotopic (exact) mass is 384 g/mol. The molecule has 1 saturated carbocycles. The maximum atomic E-state index is 12.7. The van der Waals surface area contributed by atoms with Crippen LogP contribution in [0.15, 0.2) is 4.42 Å². The van der Waals surface area contributed by atoms with Crippen LogP contribution in [-0.2, 0) is 0 Å². The number of carbonyl (C=O) groups excluding carboxylic acids is 1. The number of nitriles is 1. The van der Waals surface area contributed by atoms with Crippen molar-refractivity contribution < 1.29 is 9.21 Å². The summed E-state index contributed by atoms with van der Waals surface area (Å²) in [6.07, 6.45) is 6.89. The molecule has 1 aromatic rings. The molecule has 0 spiro atoms. The summed E-state index contributed by atoms with van der Waals surface area (Å²) in [5.74, 6) is 1.67. The molecule has 0 bridgehead atoms. The van der Waals surface area contributed by atoms with Crippen LogP contribution in [0, 0.1) is 11.3 Å². The summed E-state index contributed by atoms with van der Waals surface area (Å²) in [7, 11) is 0. The highest BCUT2D eigenvalue weighted by atomic mass is 16.4. The summed E-state index contributed by atoms with van der Waals surface area (Å²) in [6.45, 7) is 4.94. The number of aromatic nitrogens is 1. The lowest BCUT2D eigenvalue weighted by Gasteiger charge is -2.38. The van der Waals surface area contributed by atoms with E-state index >= 15 is 0 Å². The second-order valence-electron chi connectivity index (χ2n) is 8.57. The summed E-state index contributed by atoms with van der Waals surface area (Å²) in [5, 5.41) is 12.6. The lowest BCUT2D eigenvalue weighted by Crippen LogP contribution is -2.55. The number of rotatable bonds is 3. The number of nitrogens with zero attached hydrogens (tertiary/aromatic N) is 5. The zero-order valence-electron chi connectivity index (χ0n) is 16.3. The molecule has 0 aromatic carbocycles. The van der Waals surface area contributed by atoms with E-state index in [0.29, 0.717) is 61.6 Å². The topological polar surface area (TPSA) is 88.6 Å². The average Bonchev–Trinajstić information content (AvgIpc) is 3.31. The van der Waals surface area contributed by atoms with Crippen molar-refractivity contribution in [3.63, 3.8) is 0 Å². The van der Waals surface area contributed by atoms with Crippen molar-refractivity contribution in [1.82, 2.24) is 20.1 Å². The number of fused-ring (bicyclic) bond motifs is 1. The van der Waals surface area contributed by atoms with E-state index in [1.54, 1.807) is 0 Å². The lowest BCUT2D eigenvalue weighted by molar-refractivity contribution is 0.153. The first-order valence-corrected chi connectivity index (χ1v) is 10.7. The van der Waals surface area contributed by atoms with Gasteiger partial charge in [0.1, 0.15) is 6.07 Å². The average molecular weight is 384 g/mol. The van der Waals surface area contributed by atoms with E-state index in [2.05, 4.69) is 26.2 Å². The number of hydrogen-bond donors (Lipinski definition) is 1. The van der Waals surface area contributed by atoms with Gasteiger partial charge < -0.3 is 24.4 Å². The van der Waals surface area contributed by atoms with Gasteiger partial charge in [0.05, 0.1) is 0 Å². The fourth-order valence-corrected chi connectivity index (χ4v) is 4.85. The number of carbonyl (C=O) groups is 1. The van der Waals surface area contributed by atoms with Gasteiger partial charge in [-0.2, -0.15) is 5.26 Å². The third kappa shape index (κ3) is 3.44. The van der Waals surface area contributed by atoms with Crippen LogP contribution in [0.5, 0.6) is 0 Å². The van der Waals surface area contributed by atoms with Crippen LogP contribution in [0.3, 0.4) is 0 Å².